The second kappa shape index (κ2) is 4.53. The van der Waals surface area contributed by atoms with E-state index in [0.717, 1.165) is 0 Å². The van der Waals surface area contributed by atoms with Gasteiger partial charge in [0.2, 0.25) is 0 Å². The van der Waals surface area contributed by atoms with Gasteiger partial charge >= 0.3 is 0 Å². The Bertz CT molecular complexity index is 477. The van der Waals surface area contributed by atoms with E-state index in [1.807, 2.05) is 0 Å². The molecule has 0 heterocycles. The Morgan fingerprint density at radius 2 is 1.75 bits per heavy atom. The maximum Gasteiger partial charge on any atom is 0.183 e. The Kier molecular flexibility index (Phi) is 3.10. The van der Waals surface area contributed by atoms with Crippen LogP contribution in [-0.2, 0) is 0 Å². The lowest BCUT2D eigenvalue weighted by atomic mass is 10.3. The minimum Gasteiger partial charge on any atom is -0.504 e. The number of aromatic hydroxyl groups is 1. The quantitative estimate of drug-likeness (QED) is 0.899. The number of ether oxygens (including phenoxy) is 1. The average molecular weight is 283 g/mol. The summed E-state index contributed by atoms with van der Waals surface area (Å²) >= 11 is 3.26. The zero-order chi connectivity index (χ0) is 11.5. The summed E-state index contributed by atoms with van der Waals surface area (Å²) in [5.41, 5.74) is 0. The lowest BCUT2D eigenvalue weighted by molar-refractivity contribution is 0.409. The monoisotopic (exact) mass is 282 g/mol. The molecule has 2 aromatic rings. The highest BCUT2D eigenvalue weighted by Gasteiger charge is 2.07. The lowest BCUT2D eigenvalue weighted by Gasteiger charge is -2.09. The molecule has 0 aromatic heterocycles. The minimum atomic E-state index is -0.330. The predicted octanol–water partition coefficient (Wildman–Crippen LogP) is 4.09. The first-order valence-corrected chi connectivity index (χ1v) is 5.37. The Morgan fingerprint density at radius 1 is 1.06 bits per heavy atom. The zero-order valence-corrected chi connectivity index (χ0v) is 9.74. The summed E-state index contributed by atoms with van der Waals surface area (Å²) in [6, 6.07) is 10.5. The molecule has 2 aromatic carbocycles. The van der Waals surface area contributed by atoms with Crippen molar-refractivity contribution in [3.63, 3.8) is 0 Å². The first-order chi connectivity index (χ1) is 7.66. The average Bonchev–Trinajstić information content (AvgIpc) is 2.26. The van der Waals surface area contributed by atoms with E-state index in [0.29, 0.717) is 16.0 Å². The fourth-order valence-electron chi connectivity index (χ4n) is 1.22. The van der Waals surface area contributed by atoms with Crippen LogP contribution in [0.15, 0.2) is 46.9 Å². The topological polar surface area (TPSA) is 29.5 Å². The van der Waals surface area contributed by atoms with E-state index in [1.165, 1.54) is 30.3 Å². The summed E-state index contributed by atoms with van der Waals surface area (Å²) in [6.45, 7) is 0. The van der Waals surface area contributed by atoms with Gasteiger partial charge in [-0.25, -0.2) is 4.39 Å². The van der Waals surface area contributed by atoms with Crippen LogP contribution in [0, 0.1) is 5.82 Å². The summed E-state index contributed by atoms with van der Waals surface area (Å²) in [6.07, 6.45) is 0. The van der Waals surface area contributed by atoms with Gasteiger partial charge < -0.3 is 9.84 Å². The number of hydrogen-bond acceptors (Lipinski definition) is 2. The van der Waals surface area contributed by atoms with Crippen molar-refractivity contribution in [2.24, 2.45) is 0 Å². The van der Waals surface area contributed by atoms with Crippen LogP contribution in [0.4, 0.5) is 4.39 Å². The maximum absolute atomic E-state index is 12.7. The molecule has 16 heavy (non-hydrogen) atoms. The Balaban J connectivity index is 2.30. The molecular weight excluding hydrogens is 275 g/mol. The van der Waals surface area contributed by atoms with E-state index >= 15 is 0 Å². The van der Waals surface area contributed by atoms with Gasteiger partial charge in [0.05, 0.1) is 4.47 Å². The maximum atomic E-state index is 12.7. The molecule has 0 bridgehead atoms. The van der Waals surface area contributed by atoms with Crippen molar-refractivity contribution in [1.29, 1.82) is 0 Å². The fraction of sp³-hybridized carbons (Fsp3) is 0. The smallest absolute Gasteiger partial charge is 0.183 e. The van der Waals surface area contributed by atoms with Crippen LogP contribution in [0.1, 0.15) is 0 Å². The van der Waals surface area contributed by atoms with Crippen molar-refractivity contribution in [2.45, 2.75) is 0 Å². The Morgan fingerprint density at radius 3 is 2.38 bits per heavy atom. The van der Waals surface area contributed by atoms with Crippen LogP contribution in [-0.4, -0.2) is 5.11 Å². The lowest BCUT2D eigenvalue weighted by Crippen LogP contribution is -1.86. The number of phenolic OH excluding ortho intramolecular Hbond substituents is 1. The molecule has 0 fully saturated rings. The second-order valence-corrected chi connectivity index (χ2v) is 4.00. The number of phenols is 1. The van der Waals surface area contributed by atoms with Gasteiger partial charge in [-0.1, -0.05) is 6.07 Å². The number of hydrogen-bond donors (Lipinski definition) is 1. The molecule has 0 aliphatic carbocycles. The molecule has 2 rings (SSSR count). The van der Waals surface area contributed by atoms with Crippen LogP contribution >= 0.6 is 15.9 Å². The molecule has 0 atom stereocenters. The van der Waals surface area contributed by atoms with Crippen molar-refractivity contribution in [2.75, 3.05) is 0 Å². The Labute approximate surface area is 100 Å². The minimum absolute atomic E-state index is 0.0266. The van der Waals surface area contributed by atoms with Gasteiger partial charge in [-0.05, 0) is 52.3 Å². The standard InChI is InChI=1S/C12H8BrFO2/c13-10-2-1-3-11(15)12(10)16-9-6-4-8(14)5-7-9/h1-7,15H. The van der Waals surface area contributed by atoms with Gasteiger partial charge in [-0.2, -0.15) is 0 Å². The molecule has 0 aliphatic rings. The van der Waals surface area contributed by atoms with E-state index in [2.05, 4.69) is 15.9 Å². The molecule has 82 valence electrons. The van der Waals surface area contributed by atoms with Gasteiger partial charge in [0.1, 0.15) is 11.6 Å². The van der Waals surface area contributed by atoms with Gasteiger partial charge in [0.15, 0.2) is 11.5 Å². The van der Waals surface area contributed by atoms with E-state index in [-0.39, 0.29) is 11.6 Å². The van der Waals surface area contributed by atoms with Gasteiger partial charge in [-0.3, -0.25) is 0 Å². The van der Waals surface area contributed by atoms with Crippen molar-refractivity contribution in [3.05, 3.63) is 52.8 Å². The third-order valence-corrected chi connectivity index (χ3v) is 2.60. The molecule has 4 heteroatoms. The fourth-order valence-corrected chi connectivity index (χ4v) is 1.66. The van der Waals surface area contributed by atoms with Crippen molar-refractivity contribution in [1.82, 2.24) is 0 Å². The molecule has 0 radical (unpaired) electrons. The molecule has 0 saturated carbocycles. The van der Waals surface area contributed by atoms with Crippen LogP contribution in [0.5, 0.6) is 17.2 Å². The zero-order valence-electron chi connectivity index (χ0n) is 8.15. The normalized spacial score (nSPS) is 10.1. The van der Waals surface area contributed by atoms with Crippen LogP contribution in [0.3, 0.4) is 0 Å². The highest BCUT2D eigenvalue weighted by atomic mass is 79.9. The summed E-state index contributed by atoms with van der Waals surface area (Å²) in [5, 5.41) is 9.58. The molecule has 0 saturated heterocycles. The Hall–Kier alpha value is -1.55. The van der Waals surface area contributed by atoms with Crippen molar-refractivity contribution < 1.29 is 14.2 Å². The molecule has 2 nitrogen and oxygen atoms in total. The number of para-hydroxylation sites is 1. The SMILES string of the molecule is Oc1cccc(Br)c1Oc1ccc(F)cc1. The van der Waals surface area contributed by atoms with Gasteiger partial charge in [-0.15, -0.1) is 0 Å². The molecule has 1 N–H and O–H groups in total. The van der Waals surface area contributed by atoms with Crippen molar-refractivity contribution in [3.8, 4) is 17.2 Å². The summed E-state index contributed by atoms with van der Waals surface area (Å²) in [4.78, 5) is 0. The largest absolute Gasteiger partial charge is 0.504 e. The number of halogens is 2. The summed E-state index contributed by atoms with van der Waals surface area (Å²) in [7, 11) is 0. The first kappa shape index (κ1) is 11.0. The van der Waals surface area contributed by atoms with Crippen LogP contribution < -0.4 is 4.74 Å². The highest BCUT2D eigenvalue weighted by molar-refractivity contribution is 9.10. The number of benzene rings is 2. The molecule has 0 aliphatic heterocycles. The molecule has 0 unspecified atom stereocenters. The first-order valence-electron chi connectivity index (χ1n) is 4.58. The van der Waals surface area contributed by atoms with E-state index in [9.17, 15) is 9.50 Å². The molecular formula is C12H8BrFO2. The molecule has 0 spiro atoms. The summed E-state index contributed by atoms with van der Waals surface area (Å²) < 4.78 is 18.7. The molecule has 0 amide bonds. The van der Waals surface area contributed by atoms with E-state index in [4.69, 9.17) is 4.74 Å². The predicted molar refractivity (Wildman–Crippen MR) is 62.3 cm³/mol. The van der Waals surface area contributed by atoms with Crippen LogP contribution in [0.25, 0.3) is 0 Å². The highest BCUT2D eigenvalue weighted by Crippen LogP contribution is 2.37. The summed E-state index contributed by atoms with van der Waals surface area (Å²) in [5.74, 6) is 0.472. The van der Waals surface area contributed by atoms with Gasteiger partial charge in [0, 0.05) is 0 Å². The van der Waals surface area contributed by atoms with Crippen LogP contribution in [0.2, 0.25) is 0 Å². The third-order valence-electron chi connectivity index (χ3n) is 1.98. The van der Waals surface area contributed by atoms with E-state index in [1.54, 1.807) is 12.1 Å². The van der Waals surface area contributed by atoms with Crippen molar-refractivity contribution >= 4 is 15.9 Å². The van der Waals surface area contributed by atoms with E-state index < -0.39 is 0 Å². The van der Waals surface area contributed by atoms with Gasteiger partial charge in [0.25, 0.3) is 0 Å². The second-order valence-electron chi connectivity index (χ2n) is 3.14. The number of rotatable bonds is 2. The third kappa shape index (κ3) is 2.33.